The predicted octanol–water partition coefficient (Wildman–Crippen LogP) is -0.158. The quantitative estimate of drug-likeness (QED) is 0.500. The summed E-state index contributed by atoms with van der Waals surface area (Å²) in [6.07, 6.45) is -0.206. The van der Waals surface area contributed by atoms with Crippen molar-refractivity contribution >= 4 is 5.97 Å². The molecule has 3 heteroatoms. The third-order valence-corrected chi connectivity index (χ3v) is 1.68. The lowest BCUT2D eigenvalue weighted by Gasteiger charge is -1.97. The fourth-order valence-corrected chi connectivity index (χ4v) is 0.573. The average Bonchev–Trinajstić information content (AvgIpc) is 2.17. The van der Waals surface area contributed by atoms with Crippen LogP contribution in [0.15, 0.2) is 0 Å². The molecule has 0 radical (unpaired) electrons. The highest BCUT2D eigenvalue weighted by Gasteiger charge is 2.55. The zero-order valence-corrected chi connectivity index (χ0v) is 4.59. The van der Waals surface area contributed by atoms with E-state index in [9.17, 15) is 4.79 Å². The molecule has 1 fully saturated rings. The van der Waals surface area contributed by atoms with E-state index in [0.717, 1.165) is 0 Å². The lowest BCUT2D eigenvalue weighted by molar-refractivity contribution is -0.143. The van der Waals surface area contributed by atoms with Crippen LogP contribution in [-0.4, -0.2) is 22.3 Å². The van der Waals surface area contributed by atoms with E-state index in [4.69, 9.17) is 10.2 Å². The predicted molar refractivity (Wildman–Crippen MR) is 26.4 cm³/mol. The molecule has 1 aliphatic carbocycles. The number of aliphatic carboxylic acids is 1. The number of hydrogen-bond acceptors (Lipinski definition) is 2. The third kappa shape index (κ3) is 0.512. The monoisotopic (exact) mass is 116 g/mol. The summed E-state index contributed by atoms with van der Waals surface area (Å²) >= 11 is 0. The Bertz CT molecular complexity index is 132. The number of hydrogen-bond donors (Lipinski definition) is 2. The van der Waals surface area contributed by atoms with E-state index in [1.165, 1.54) is 0 Å². The molecule has 0 saturated heterocycles. The normalized spacial score (nSPS) is 44.0. The summed E-state index contributed by atoms with van der Waals surface area (Å²) in [5.41, 5.74) is -0.819. The lowest BCUT2D eigenvalue weighted by atomic mass is 10.1. The molecule has 1 aliphatic rings. The van der Waals surface area contributed by atoms with Crippen LogP contribution in [0, 0.1) is 5.41 Å². The molecule has 46 valence electrons. The van der Waals surface area contributed by atoms with Crippen LogP contribution in [0.3, 0.4) is 0 Å². The summed E-state index contributed by atoms with van der Waals surface area (Å²) in [7, 11) is 0. The Kier molecular flexibility index (Phi) is 0.854. The molecule has 0 amide bonds. The Labute approximate surface area is 46.9 Å². The Morgan fingerprint density at radius 3 is 2.25 bits per heavy atom. The Hall–Kier alpha value is -0.570. The van der Waals surface area contributed by atoms with Gasteiger partial charge in [-0.3, -0.25) is 4.79 Å². The topological polar surface area (TPSA) is 57.5 Å². The van der Waals surface area contributed by atoms with Crippen LogP contribution >= 0.6 is 0 Å². The lowest BCUT2D eigenvalue weighted by Crippen LogP contribution is -2.14. The van der Waals surface area contributed by atoms with Gasteiger partial charge in [0.15, 0.2) is 0 Å². The molecule has 2 N–H and O–H groups in total. The maximum Gasteiger partial charge on any atom is 0.312 e. The van der Waals surface area contributed by atoms with Gasteiger partial charge in [-0.25, -0.2) is 0 Å². The molecule has 0 aromatic rings. The van der Waals surface area contributed by atoms with Crippen LogP contribution in [0.25, 0.3) is 0 Å². The van der Waals surface area contributed by atoms with Gasteiger partial charge in [0, 0.05) is 0 Å². The summed E-state index contributed by atoms with van der Waals surface area (Å²) in [6.45, 7) is 1.54. The van der Waals surface area contributed by atoms with Gasteiger partial charge >= 0.3 is 5.97 Å². The summed E-state index contributed by atoms with van der Waals surface area (Å²) in [5.74, 6) is -0.898. The maximum absolute atomic E-state index is 10.1. The third-order valence-electron chi connectivity index (χ3n) is 1.68. The standard InChI is InChI=1S/C5H8O3/c1-5(4(7)8)2-3(5)6/h3,6H,2H2,1H3,(H,7,8). The summed E-state index contributed by atoms with van der Waals surface area (Å²) in [4.78, 5) is 10.1. The molecule has 0 aromatic carbocycles. The number of carbonyl (C=O) groups is 1. The Balaban J connectivity index is 2.60. The van der Waals surface area contributed by atoms with E-state index in [-0.39, 0.29) is 0 Å². The average molecular weight is 116 g/mol. The first-order chi connectivity index (χ1) is 3.57. The van der Waals surface area contributed by atoms with E-state index >= 15 is 0 Å². The first-order valence-electron chi connectivity index (χ1n) is 2.49. The van der Waals surface area contributed by atoms with E-state index in [2.05, 4.69) is 0 Å². The van der Waals surface area contributed by atoms with Crippen molar-refractivity contribution in [2.24, 2.45) is 5.41 Å². The van der Waals surface area contributed by atoms with E-state index < -0.39 is 17.5 Å². The number of carboxylic acid groups (broad SMARTS) is 1. The van der Waals surface area contributed by atoms with Gasteiger partial charge in [-0.2, -0.15) is 0 Å². The minimum absolute atomic E-state index is 0.405. The van der Waals surface area contributed by atoms with Gasteiger partial charge in [-0.05, 0) is 13.3 Å². The Morgan fingerprint density at radius 2 is 2.25 bits per heavy atom. The minimum atomic E-state index is -0.898. The van der Waals surface area contributed by atoms with Gasteiger partial charge in [-0.1, -0.05) is 0 Å². The maximum atomic E-state index is 10.1. The smallest absolute Gasteiger partial charge is 0.312 e. The largest absolute Gasteiger partial charge is 0.481 e. The molecule has 0 spiro atoms. The number of carboxylic acids is 1. The second-order valence-corrected chi connectivity index (χ2v) is 2.44. The van der Waals surface area contributed by atoms with Crippen molar-refractivity contribution < 1.29 is 15.0 Å². The molecule has 0 bridgehead atoms. The van der Waals surface area contributed by atoms with Crippen LogP contribution in [0.2, 0.25) is 0 Å². The SMILES string of the molecule is CC1(C(=O)O)CC1O. The minimum Gasteiger partial charge on any atom is -0.481 e. The van der Waals surface area contributed by atoms with Crippen molar-refractivity contribution in [3.05, 3.63) is 0 Å². The van der Waals surface area contributed by atoms with Gasteiger partial charge in [0.1, 0.15) is 0 Å². The van der Waals surface area contributed by atoms with Crippen LogP contribution in [0.1, 0.15) is 13.3 Å². The number of aliphatic hydroxyl groups excluding tert-OH is 1. The molecule has 1 saturated carbocycles. The van der Waals surface area contributed by atoms with E-state index in [1.54, 1.807) is 6.92 Å². The molecule has 8 heavy (non-hydrogen) atoms. The molecular weight excluding hydrogens is 108 g/mol. The van der Waals surface area contributed by atoms with Gasteiger partial charge < -0.3 is 10.2 Å². The summed E-state index contributed by atoms with van der Waals surface area (Å²) in [6, 6.07) is 0. The molecule has 2 atom stereocenters. The Morgan fingerprint density at radius 1 is 1.88 bits per heavy atom. The van der Waals surface area contributed by atoms with Gasteiger partial charge in [-0.15, -0.1) is 0 Å². The molecule has 1 rings (SSSR count). The van der Waals surface area contributed by atoms with Crippen molar-refractivity contribution in [3.63, 3.8) is 0 Å². The zero-order valence-electron chi connectivity index (χ0n) is 4.59. The summed E-state index contributed by atoms with van der Waals surface area (Å²) in [5, 5.41) is 17.0. The van der Waals surface area contributed by atoms with Gasteiger partial charge in [0.25, 0.3) is 0 Å². The molecule has 2 unspecified atom stereocenters. The molecular formula is C5H8O3. The van der Waals surface area contributed by atoms with Crippen molar-refractivity contribution in [3.8, 4) is 0 Å². The van der Waals surface area contributed by atoms with Crippen molar-refractivity contribution in [1.82, 2.24) is 0 Å². The first kappa shape index (κ1) is 5.56. The second kappa shape index (κ2) is 1.23. The van der Waals surface area contributed by atoms with E-state index in [0.29, 0.717) is 6.42 Å². The number of rotatable bonds is 1. The molecule has 3 nitrogen and oxygen atoms in total. The number of aliphatic hydroxyl groups is 1. The molecule has 0 aromatic heterocycles. The van der Waals surface area contributed by atoms with Crippen LogP contribution in [0.5, 0.6) is 0 Å². The molecule has 0 heterocycles. The highest BCUT2D eigenvalue weighted by Crippen LogP contribution is 2.45. The van der Waals surface area contributed by atoms with Crippen LogP contribution in [0.4, 0.5) is 0 Å². The van der Waals surface area contributed by atoms with Crippen molar-refractivity contribution in [2.75, 3.05) is 0 Å². The van der Waals surface area contributed by atoms with Crippen LogP contribution in [-0.2, 0) is 4.79 Å². The van der Waals surface area contributed by atoms with Crippen molar-refractivity contribution in [1.29, 1.82) is 0 Å². The van der Waals surface area contributed by atoms with E-state index in [1.807, 2.05) is 0 Å². The fourth-order valence-electron chi connectivity index (χ4n) is 0.573. The zero-order chi connectivity index (χ0) is 6.36. The van der Waals surface area contributed by atoms with Crippen molar-refractivity contribution in [2.45, 2.75) is 19.4 Å². The summed E-state index contributed by atoms with van der Waals surface area (Å²) < 4.78 is 0. The highest BCUT2D eigenvalue weighted by molar-refractivity contribution is 5.78. The first-order valence-corrected chi connectivity index (χ1v) is 2.49. The van der Waals surface area contributed by atoms with Gasteiger partial charge in [0.05, 0.1) is 11.5 Å². The second-order valence-electron chi connectivity index (χ2n) is 2.44. The van der Waals surface area contributed by atoms with Gasteiger partial charge in [0.2, 0.25) is 0 Å². The fraction of sp³-hybridized carbons (Fsp3) is 0.800. The molecule has 0 aliphatic heterocycles. The highest BCUT2D eigenvalue weighted by atomic mass is 16.4. The van der Waals surface area contributed by atoms with Crippen LogP contribution < -0.4 is 0 Å².